The van der Waals surface area contributed by atoms with Crippen LogP contribution in [0.3, 0.4) is 0 Å². The van der Waals surface area contributed by atoms with Crippen molar-refractivity contribution in [2.75, 3.05) is 5.73 Å². The SMILES string of the molecule is Cc1ccnc2c1nc(N)n2CCCC(F)(F)F. The van der Waals surface area contributed by atoms with Crippen LogP contribution in [0.4, 0.5) is 19.1 Å². The summed E-state index contributed by atoms with van der Waals surface area (Å²) in [5, 5.41) is 0. The maximum atomic E-state index is 12.1. The van der Waals surface area contributed by atoms with E-state index in [4.69, 9.17) is 5.73 Å². The van der Waals surface area contributed by atoms with Crippen LogP contribution in [-0.4, -0.2) is 20.7 Å². The molecule has 0 fully saturated rings. The highest BCUT2D eigenvalue weighted by Crippen LogP contribution is 2.24. The normalized spacial score (nSPS) is 12.2. The number of aromatic nitrogens is 3. The van der Waals surface area contributed by atoms with Crippen molar-refractivity contribution in [3.05, 3.63) is 17.8 Å². The van der Waals surface area contributed by atoms with Gasteiger partial charge in [0, 0.05) is 19.2 Å². The standard InChI is InChI=1S/C11H13F3N4/c1-7-3-5-16-9-8(7)17-10(15)18(9)6-2-4-11(12,13)14/h3,5H,2,4,6H2,1H3,(H2,15,17). The van der Waals surface area contributed by atoms with E-state index >= 15 is 0 Å². The lowest BCUT2D eigenvalue weighted by molar-refractivity contribution is -0.135. The number of rotatable bonds is 3. The Balaban J connectivity index is 2.23. The van der Waals surface area contributed by atoms with Gasteiger partial charge in [-0.05, 0) is 25.0 Å². The predicted octanol–water partition coefficient (Wildman–Crippen LogP) is 2.66. The summed E-state index contributed by atoms with van der Waals surface area (Å²) in [7, 11) is 0. The molecular weight excluding hydrogens is 245 g/mol. The van der Waals surface area contributed by atoms with Crippen LogP contribution in [0.25, 0.3) is 11.2 Å². The monoisotopic (exact) mass is 258 g/mol. The molecule has 0 aromatic carbocycles. The van der Waals surface area contributed by atoms with Gasteiger partial charge in [-0.25, -0.2) is 9.97 Å². The second-order valence-electron chi connectivity index (χ2n) is 4.14. The molecule has 0 unspecified atom stereocenters. The summed E-state index contributed by atoms with van der Waals surface area (Å²) < 4.78 is 37.8. The van der Waals surface area contributed by atoms with Gasteiger partial charge in [-0.1, -0.05) is 0 Å². The van der Waals surface area contributed by atoms with Gasteiger partial charge < -0.3 is 5.73 Å². The average Bonchev–Trinajstić information content (AvgIpc) is 2.56. The van der Waals surface area contributed by atoms with Crippen LogP contribution in [0.1, 0.15) is 18.4 Å². The lowest BCUT2D eigenvalue weighted by Gasteiger charge is -2.08. The molecule has 0 aliphatic carbocycles. The Labute approximate surface area is 102 Å². The number of anilines is 1. The number of nitrogens with two attached hydrogens (primary N) is 1. The molecule has 2 rings (SSSR count). The zero-order valence-electron chi connectivity index (χ0n) is 9.83. The molecular formula is C11H13F3N4. The zero-order chi connectivity index (χ0) is 13.3. The maximum absolute atomic E-state index is 12.1. The van der Waals surface area contributed by atoms with E-state index in [0.717, 1.165) is 5.56 Å². The van der Waals surface area contributed by atoms with Gasteiger partial charge in [0.2, 0.25) is 5.95 Å². The van der Waals surface area contributed by atoms with Gasteiger partial charge in [0.05, 0.1) is 0 Å². The molecule has 2 N–H and O–H groups in total. The number of hydrogen-bond acceptors (Lipinski definition) is 3. The maximum Gasteiger partial charge on any atom is 0.389 e. The van der Waals surface area contributed by atoms with E-state index in [1.54, 1.807) is 12.3 Å². The van der Waals surface area contributed by atoms with Crippen molar-refractivity contribution >= 4 is 17.1 Å². The minimum atomic E-state index is -4.14. The van der Waals surface area contributed by atoms with Crippen LogP contribution in [-0.2, 0) is 6.54 Å². The molecule has 2 aromatic rings. The quantitative estimate of drug-likeness (QED) is 0.920. The molecule has 98 valence electrons. The van der Waals surface area contributed by atoms with Crippen LogP contribution < -0.4 is 5.73 Å². The molecule has 0 amide bonds. The van der Waals surface area contributed by atoms with Crippen molar-refractivity contribution in [2.45, 2.75) is 32.5 Å². The molecule has 0 spiro atoms. The van der Waals surface area contributed by atoms with E-state index in [1.807, 2.05) is 6.92 Å². The molecule has 0 saturated carbocycles. The van der Waals surface area contributed by atoms with E-state index in [-0.39, 0.29) is 18.9 Å². The van der Waals surface area contributed by atoms with Crippen LogP contribution in [0.2, 0.25) is 0 Å². The van der Waals surface area contributed by atoms with Crippen molar-refractivity contribution in [1.29, 1.82) is 0 Å². The van der Waals surface area contributed by atoms with Crippen molar-refractivity contribution in [3.8, 4) is 0 Å². The van der Waals surface area contributed by atoms with Gasteiger partial charge in [-0.3, -0.25) is 4.57 Å². The van der Waals surface area contributed by atoms with E-state index < -0.39 is 12.6 Å². The first-order valence-electron chi connectivity index (χ1n) is 5.52. The van der Waals surface area contributed by atoms with Gasteiger partial charge in [0.15, 0.2) is 5.65 Å². The Morgan fingerprint density at radius 2 is 2.11 bits per heavy atom. The van der Waals surface area contributed by atoms with Crippen LogP contribution in [0.5, 0.6) is 0 Å². The molecule has 2 aromatic heterocycles. The Morgan fingerprint density at radius 3 is 2.78 bits per heavy atom. The number of aryl methyl sites for hydroxylation is 2. The van der Waals surface area contributed by atoms with Crippen molar-refractivity contribution in [1.82, 2.24) is 14.5 Å². The number of nitrogen functional groups attached to an aromatic ring is 1. The Hall–Kier alpha value is -1.79. The highest BCUT2D eigenvalue weighted by Gasteiger charge is 2.26. The van der Waals surface area contributed by atoms with Crippen LogP contribution in [0.15, 0.2) is 12.3 Å². The number of fused-ring (bicyclic) bond motifs is 1. The van der Waals surface area contributed by atoms with Crippen LogP contribution >= 0.6 is 0 Å². The lowest BCUT2D eigenvalue weighted by atomic mass is 10.2. The van der Waals surface area contributed by atoms with Crippen LogP contribution in [0, 0.1) is 6.92 Å². The molecule has 2 heterocycles. The van der Waals surface area contributed by atoms with Crippen molar-refractivity contribution in [2.24, 2.45) is 0 Å². The van der Waals surface area contributed by atoms with E-state index in [2.05, 4.69) is 9.97 Å². The molecule has 0 aliphatic rings. The largest absolute Gasteiger partial charge is 0.389 e. The summed E-state index contributed by atoms with van der Waals surface area (Å²) in [6, 6.07) is 1.79. The third-order valence-corrected chi connectivity index (χ3v) is 2.71. The highest BCUT2D eigenvalue weighted by molar-refractivity contribution is 5.77. The third-order valence-electron chi connectivity index (χ3n) is 2.71. The molecule has 0 saturated heterocycles. The van der Waals surface area contributed by atoms with Gasteiger partial charge in [0.1, 0.15) is 5.52 Å². The van der Waals surface area contributed by atoms with Crippen molar-refractivity contribution < 1.29 is 13.2 Å². The number of imidazole rings is 1. The third kappa shape index (κ3) is 2.55. The molecule has 0 radical (unpaired) electrons. The molecule has 0 bridgehead atoms. The molecule has 0 atom stereocenters. The van der Waals surface area contributed by atoms with Gasteiger partial charge in [-0.2, -0.15) is 13.2 Å². The number of pyridine rings is 1. The second-order valence-corrected chi connectivity index (χ2v) is 4.14. The Morgan fingerprint density at radius 1 is 1.39 bits per heavy atom. The number of nitrogens with zero attached hydrogens (tertiary/aromatic N) is 3. The highest BCUT2D eigenvalue weighted by atomic mass is 19.4. The summed E-state index contributed by atoms with van der Waals surface area (Å²) in [6.45, 7) is 2.02. The minimum absolute atomic E-state index is 0.0330. The topological polar surface area (TPSA) is 56.7 Å². The number of hydrogen-bond donors (Lipinski definition) is 1. The van der Waals surface area contributed by atoms with E-state index in [9.17, 15) is 13.2 Å². The van der Waals surface area contributed by atoms with E-state index in [0.29, 0.717) is 11.2 Å². The average molecular weight is 258 g/mol. The molecule has 0 aliphatic heterocycles. The van der Waals surface area contributed by atoms with E-state index in [1.165, 1.54) is 4.57 Å². The number of halogens is 3. The Bertz CT molecular complexity index is 559. The second kappa shape index (κ2) is 4.47. The summed E-state index contributed by atoms with van der Waals surface area (Å²) in [6.07, 6.45) is -3.42. The van der Waals surface area contributed by atoms with Gasteiger partial charge in [0.25, 0.3) is 0 Å². The predicted molar refractivity (Wildman–Crippen MR) is 62.0 cm³/mol. The van der Waals surface area contributed by atoms with Crippen molar-refractivity contribution in [3.63, 3.8) is 0 Å². The fraction of sp³-hybridized carbons (Fsp3) is 0.455. The fourth-order valence-electron chi connectivity index (χ4n) is 1.81. The molecule has 18 heavy (non-hydrogen) atoms. The first-order chi connectivity index (χ1) is 8.38. The molecule has 4 nitrogen and oxygen atoms in total. The molecule has 7 heteroatoms. The summed E-state index contributed by atoms with van der Waals surface area (Å²) in [5.41, 5.74) is 7.78. The zero-order valence-corrected chi connectivity index (χ0v) is 9.83. The summed E-state index contributed by atoms with van der Waals surface area (Å²) in [5.74, 6) is 0.203. The first-order valence-corrected chi connectivity index (χ1v) is 5.52. The van der Waals surface area contributed by atoms with Gasteiger partial charge >= 0.3 is 6.18 Å². The fourth-order valence-corrected chi connectivity index (χ4v) is 1.81. The smallest absolute Gasteiger partial charge is 0.369 e. The van der Waals surface area contributed by atoms with Gasteiger partial charge in [-0.15, -0.1) is 0 Å². The minimum Gasteiger partial charge on any atom is -0.369 e. The summed E-state index contributed by atoms with van der Waals surface area (Å²) >= 11 is 0. The number of alkyl halides is 3. The Kier molecular flexibility index (Phi) is 3.14. The lowest BCUT2D eigenvalue weighted by Crippen LogP contribution is -2.10. The first kappa shape index (κ1) is 12.7. The summed E-state index contributed by atoms with van der Waals surface area (Å²) in [4.78, 5) is 8.24.